The maximum atomic E-state index is 13.6. The number of anilines is 1. The van der Waals surface area contributed by atoms with Crippen molar-refractivity contribution in [1.82, 2.24) is 10.2 Å². The fourth-order valence-corrected chi connectivity index (χ4v) is 3.14. The summed E-state index contributed by atoms with van der Waals surface area (Å²) in [5, 5.41) is 12.3. The highest BCUT2D eigenvalue weighted by Gasteiger charge is 2.22. The van der Waals surface area contributed by atoms with Crippen molar-refractivity contribution in [3.8, 4) is 17.2 Å². The van der Waals surface area contributed by atoms with Crippen LogP contribution in [0.1, 0.15) is 24.4 Å². The van der Waals surface area contributed by atoms with E-state index in [1.807, 2.05) is 43.3 Å². The van der Waals surface area contributed by atoms with E-state index in [2.05, 4.69) is 15.5 Å². The van der Waals surface area contributed by atoms with Crippen molar-refractivity contribution in [1.29, 1.82) is 0 Å². The first-order valence-electron chi connectivity index (χ1n) is 9.46. The van der Waals surface area contributed by atoms with Gasteiger partial charge in [0.05, 0.1) is 6.61 Å². The van der Waals surface area contributed by atoms with E-state index >= 15 is 0 Å². The summed E-state index contributed by atoms with van der Waals surface area (Å²) in [6, 6.07) is 20.6. The molecule has 0 amide bonds. The zero-order chi connectivity index (χ0) is 20.9. The zero-order valence-corrected chi connectivity index (χ0v) is 16.9. The molecule has 4 rings (SSSR count). The lowest BCUT2D eigenvalue weighted by Crippen LogP contribution is -2.13. The zero-order valence-electron chi connectivity index (χ0n) is 16.2. The molecular formula is C23H19ClFN3O2. The molecule has 152 valence electrons. The van der Waals surface area contributed by atoms with Crippen LogP contribution in [0.15, 0.2) is 77.2 Å². The summed E-state index contributed by atoms with van der Waals surface area (Å²) >= 11 is 6.05. The Kier molecular flexibility index (Phi) is 5.95. The van der Waals surface area contributed by atoms with Gasteiger partial charge >= 0.3 is 0 Å². The molecule has 1 atom stereocenters. The van der Waals surface area contributed by atoms with Gasteiger partial charge < -0.3 is 14.5 Å². The summed E-state index contributed by atoms with van der Waals surface area (Å²) in [5.41, 5.74) is 2.26. The fourth-order valence-electron chi connectivity index (χ4n) is 3.01. The van der Waals surface area contributed by atoms with Crippen LogP contribution in [0.5, 0.6) is 5.75 Å². The third-order valence-electron chi connectivity index (χ3n) is 4.44. The third-order valence-corrected chi connectivity index (χ3v) is 4.69. The number of ether oxygens (including phenoxy) is 1. The van der Waals surface area contributed by atoms with Crippen LogP contribution in [0, 0.1) is 5.82 Å². The molecule has 0 bridgehead atoms. The average Bonchev–Trinajstić information content (AvgIpc) is 3.24. The van der Waals surface area contributed by atoms with Crippen LogP contribution in [0.25, 0.3) is 11.5 Å². The van der Waals surface area contributed by atoms with E-state index in [9.17, 15) is 4.39 Å². The van der Waals surface area contributed by atoms with E-state index in [1.54, 1.807) is 24.3 Å². The smallest absolute Gasteiger partial charge is 0.247 e. The van der Waals surface area contributed by atoms with E-state index in [0.29, 0.717) is 23.1 Å². The number of rotatable bonds is 7. The molecule has 4 aromatic rings. The first-order chi connectivity index (χ1) is 14.6. The monoisotopic (exact) mass is 423 g/mol. The van der Waals surface area contributed by atoms with Crippen LogP contribution in [0.4, 0.5) is 10.1 Å². The number of halogens is 2. The lowest BCUT2D eigenvalue weighted by atomic mass is 10.1. The number of aromatic nitrogens is 2. The lowest BCUT2D eigenvalue weighted by molar-refractivity contribution is 0.340. The van der Waals surface area contributed by atoms with Crippen molar-refractivity contribution in [2.75, 3.05) is 11.9 Å². The molecular weight excluding hydrogens is 405 g/mol. The van der Waals surface area contributed by atoms with Crippen molar-refractivity contribution in [2.45, 2.75) is 13.0 Å². The average molecular weight is 424 g/mol. The van der Waals surface area contributed by atoms with Crippen LogP contribution in [0.3, 0.4) is 0 Å². The molecule has 7 heteroatoms. The van der Waals surface area contributed by atoms with Gasteiger partial charge in [0.2, 0.25) is 11.8 Å². The van der Waals surface area contributed by atoms with Gasteiger partial charge in [0.1, 0.15) is 17.6 Å². The van der Waals surface area contributed by atoms with E-state index in [4.69, 9.17) is 20.8 Å². The number of hydrogen-bond donors (Lipinski definition) is 1. The minimum absolute atomic E-state index is 0.247. The molecule has 3 aromatic carbocycles. The summed E-state index contributed by atoms with van der Waals surface area (Å²) in [4.78, 5) is 0. The highest BCUT2D eigenvalue weighted by molar-refractivity contribution is 6.30. The molecule has 0 aliphatic carbocycles. The number of hydrogen-bond acceptors (Lipinski definition) is 5. The molecule has 0 aliphatic heterocycles. The summed E-state index contributed by atoms with van der Waals surface area (Å²) in [6.07, 6.45) is 0. The molecule has 0 aliphatic rings. The van der Waals surface area contributed by atoms with Gasteiger partial charge in [0, 0.05) is 16.3 Å². The van der Waals surface area contributed by atoms with Crippen LogP contribution < -0.4 is 10.1 Å². The first kappa shape index (κ1) is 19.9. The fraction of sp³-hybridized carbons (Fsp3) is 0.130. The van der Waals surface area contributed by atoms with Crippen molar-refractivity contribution < 1.29 is 13.5 Å². The Labute approximate surface area is 178 Å². The molecule has 5 nitrogen and oxygen atoms in total. The molecule has 0 radical (unpaired) electrons. The van der Waals surface area contributed by atoms with Gasteiger partial charge in [0.15, 0.2) is 0 Å². The van der Waals surface area contributed by atoms with Crippen molar-refractivity contribution >= 4 is 17.3 Å². The standard InChI is InChI=1S/C23H19ClFN3O2/c1-2-29-20-12-10-19(11-13-20)26-21(15-6-8-17(24)9-7-15)23-28-27-22(30-23)16-4-3-5-18(25)14-16/h3-14,21,26H,2H2,1H3. The second-order valence-electron chi connectivity index (χ2n) is 6.54. The first-order valence-corrected chi connectivity index (χ1v) is 9.84. The maximum Gasteiger partial charge on any atom is 0.247 e. The summed E-state index contributed by atoms with van der Waals surface area (Å²) in [5.74, 6) is 1.02. The van der Waals surface area contributed by atoms with Gasteiger partial charge in [0.25, 0.3) is 0 Å². The van der Waals surface area contributed by atoms with Crippen molar-refractivity contribution in [2.24, 2.45) is 0 Å². The second kappa shape index (κ2) is 8.97. The quantitative estimate of drug-likeness (QED) is 0.387. The Bertz CT molecular complexity index is 1110. The highest BCUT2D eigenvalue weighted by Crippen LogP contribution is 2.30. The van der Waals surface area contributed by atoms with Crippen molar-refractivity contribution in [3.63, 3.8) is 0 Å². The molecule has 1 N–H and O–H groups in total. The summed E-state index contributed by atoms with van der Waals surface area (Å²) < 4.78 is 25.0. The predicted molar refractivity (Wildman–Crippen MR) is 114 cm³/mol. The van der Waals surface area contributed by atoms with Gasteiger partial charge in [-0.05, 0) is 67.1 Å². The SMILES string of the molecule is CCOc1ccc(NC(c2ccc(Cl)cc2)c2nnc(-c3cccc(F)c3)o2)cc1. The Balaban J connectivity index is 1.66. The largest absolute Gasteiger partial charge is 0.494 e. The number of nitrogens with zero attached hydrogens (tertiary/aromatic N) is 2. The van der Waals surface area contributed by atoms with E-state index in [1.165, 1.54) is 12.1 Å². The van der Waals surface area contributed by atoms with E-state index in [0.717, 1.165) is 17.0 Å². The second-order valence-corrected chi connectivity index (χ2v) is 6.98. The maximum absolute atomic E-state index is 13.6. The van der Waals surface area contributed by atoms with E-state index in [-0.39, 0.29) is 11.7 Å². The Hall–Kier alpha value is -3.38. The minimum atomic E-state index is -0.421. The molecule has 1 heterocycles. The molecule has 1 unspecified atom stereocenters. The van der Waals surface area contributed by atoms with Crippen LogP contribution in [-0.2, 0) is 0 Å². The molecule has 30 heavy (non-hydrogen) atoms. The summed E-state index contributed by atoms with van der Waals surface area (Å²) in [7, 11) is 0. The van der Waals surface area contributed by atoms with Crippen LogP contribution >= 0.6 is 11.6 Å². The lowest BCUT2D eigenvalue weighted by Gasteiger charge is -2.17. The third kappa shape index (κ3) is 4.60. The Morgan fingerprint density at radius 1 is 1.03 bits per heavy atom. The highest BCUT2D eigenvalue weighted by atomic mass is 35.5. The van der Waals surface area contributed by atoms with Gasteiger partial charge in [-0.25, -0.2) is 4.39 Å². The molecule has 0 saturated heterocycles. The molecule has 1 aromatic heterocycles. The van der Waals surface area contributed by atoms with Crippen molar-refractivity contribution in [3.05, 3.63) is 95.1 Å². The molecule has 0 fully saturated rings. The topological polar surface area (TPSA) is 60.2 Å². The van der Waals surface area contributed by atoms with Crippen LogP contribution in [0.2, 0.25) is 5.02 Å². The van der Waals surface area contributed by atoms with E-state index < -0.39 is 6.04 Å². The van der Waals surface area contributed by atoms with Gasteiger partial charge in [-0.3, -0.25) is 0 Å². The normalized spacial score (nSPS) is 11.8. The predicted octanol–water partition coefficient (Wildman–Crippen LogP) is 6.13. The Morgan fingerprint density at radius 2 is 1.80 bits per heavy atom. The van der Waals surface area contributed by atoms with Gasteiger partial charge in [-0.15, -0.1) is 10.2 Å². The van der Waals surface area contributed by atoms with Gasteiger partial charge in [-0.2, -0.15) is 0 Å². The number of nitrogens with one attached hydrogen (secondary N) is 1. The van der Waals surface area contributed by atoms with Gasteiger partial charge in [-0.1, -0.05) is 29.8 Å². The molecule has 0 saturated carbocycles. The number of benzene rings is 3. The summed E-state index contributed by atoms with van der Waals surface area (Å²) in [6.45, 7) is 2.54. The van der Waals surface area contributed by atoms with Crippen LogP contribution in [-0.4, -0.2) is 16.8 Å². The Morgan fingerprint density at radius 3 is 2.50 bits per heavy atom. The molecule has 0 spiro atoms. The minimum Gasteiger partial charge on any atom is -0.494 e.